The van der Waals surface area contributed by atoms with Gasteiger partial charge in [-0.25, -0.2) is 0 Å². The molecule has 28 heavy (non-hydrogen) atoms. The highest BCUT2D eigenvalue weighted by atomic mass is 35.5. The number of halogens is 1. The first-order valence-electron chi connectivity index (χ1n) is 9.50. The molecule has 1 amide bonds. The van der Waals surface area contributed by atoms with Gasteiger partial charge in [-0.2, -0.15) is 0 Å². The molecule has 3 aromatic rings. The molecule has 0 unspecified atom stereocenters. The number of hydrogen-bond acceptors (Lipinski definition) is 3. The molecule has 0 aliphatic carbocycles. The van der Waals surface area contributed by atoms with Crippen LogP contribution >= 0.6 is 23.4 Å². The van der Waals surface area contributed by atoms with Crippen molar-refractivity contribution in [3.63, 3.8) is 0 Å². The molecule has 4 nitrogen and oxygen atoms in total. The minimum absolute atomic E-state index is 0.0609. The molecular weight excluding hydrogens is 392 g/mol. The lowest BCUT2D eigenvalue weighted by molar-refractivity contribution is 0.0938. The number of nitrogens with zero attached hydrogens (tertiary/aromatic N) is 1. The highest BCUT2D eigenvalue weighted by Gasteiger charge is 2.26. The van der Waals surface area contributed by atoms with Gasteiger partial charge in [0.15, 0.2) is 0 Å². The van der Waals surface area contributed by atoms with Crippen molar-refractivity contribution in [2.45, 2.75) is 37.3 Å². The smallest absolute Gasteiger partial charge is 0.267 e. The van der Waals surface area contributed by atoms with Crippen LogP contribution in [-0.4, -0.2) is 29.4 Å². The lowest BCUT2D eigenvalue weighted by atomic mass is 10.1. The minimum Gasteiger partial charge on any atom is -0.486 e. The highest BCUT2D eigenvalue weighted by Crippen LogP contribution is 2.38. The number of benzene rings is 2. The largest absolute Gasteiger partial charge is 0.486 e. The van der Waals surface area contributed by atoms with Gasteiger partial charge in [0, 0.05) is 16.8 Å². The van der Waals surface area contributed by atoms with E-state index in [1.807, 2.05) is 18.2 Å². The average Bonchev–Trinajstić information content (AvgIpc) is 3.12. The fourth-order valence-electron chi connectivity index (χ4n) is 3.62. The van der Waals surface area contributed by atoms with Crippen LogP contribution in [0.4, 0.5) is 0 Å². The van der Waals surface area contributed by atoms with Crippen LogP contribution in [0.5, 0.6) is 5.75 Å². The zero-order valence-electron chi connectivity index (χ0n) is 16.0. The Balaban J connectivity index is 1.53. The van der Waals surface area contributed by atoms with Gasteiger partial charge in [-0.1, -0.05) is 30.7 Å². The van der Waals surface area contributed by atoms with Crippen molar-refractivity contribution in [2.75, 3.05) is 12.8 Å². The Morgan fingerprint density at radius 2 is 2.07 bits per heavy atom. The van der Waals surface area contributed by atoms with Crippen molar-refractivity contribution in [3.8, 4) is 5.75 Å². The molecule has 0 saturated heterocycles. The quantitative estimate of drug-likeness (QED) is 0.566. The van der Waals surface area contributed by atoms with Crippen molar-refractivity contribution >= 4 is 40.2 Å². The van der Waals surface area contributed by atoms with Crippen LogP contribution in [0.2, 0.25) is 5.02 Å². The second-order valence-corrected chi connectivity index (χ2v) is 8.24. The van der Waals surface area contributed by atoms with Crippen LogP contribution in [0.1, 0.15) is 29.4 Å². The molecule has 2 heterocycles. The van der Waals surface area contributed by atoms with Crippen molar-refractivity contribution in [2.24, 2.45) is 0 Å². The van der Waals surface area contributed by atoms with Gasteiger partial charge in [0.25, 0.3) is 5.91 Å². The van der Waals surface area contributed by atoms with Crippen molar-refractivity contribution in [3.05, 3.63) is 58.7 Å². The monoisotopic (exact) mass is 414 g/mol. The molecule has 2 aromatic carbocycles. The topological polar surface area (TPSA) is 43.3 Å². The minimum atomic E-state index is -0.0734. The fourth-order valence-corrected chi connectivity index (χ4v) is 4.24. The lowest BCUT2D eigenvalue weighted by Gasteiger charge is -2.26. The number of rotatable bonds is 6. The first-order chi connectivity index (χ1) is 13.6. The molecule has 6 heteroatoms. The maximum absolute atomic E-state index is 12.9. The van der Waals surface area contributed by atoms with Crippen LogP contribution in [0.25, 0.3) is 10.9 Å². The van der Waals surface area contributed by atoms with Crippen LogP contribution < -0.4 is 10.1 Å². The summed E-state index contributed by atoms with van der Waals surface area (Å²) in [6.45, 7) is 3.34. The second-order valence-electron chi connectivity index (χ2n) is 6.95. The molecule has 0 bridgehead atoms. The summed E-state index contributed by atoms with van der Waals surface area (Å²) in [7, 11) is 0. The average molecular weight is 415 g/mol. The van der Waals surface area contributed by atoms with Crippen molar-refractivity contribution < 1.29 is 9.53 Å². The first-order valence-corrected chi connectivity index (χ1v) is 11.1. The van der Waals surface area contributed by atoms with E-state index in [4.69, 9.17) is 16.3 Å². The summed E-state index contributed by atoms with van der Waals surface area (Å²) >= 11 is 8.10. The normalized spacial score (nSPS) is 15.5. The van der Waals surface area contributed by atoms with Gasteiger partial charge in [0.05, 0.1) is 17.1 Å². The number of ether oxygens (including phenoxy) is 1. The standard InChI is InChI=1S/C22H23ClN2O2S/c1-3-15-13-25-19(12-17-18(23)8-9-20(27-15)21(17)25)22(26)24-11-10-14-4-6-16(28-2)7-5-14/h4-9,12,15H,3,10-11,13H2,1-2H3,(H,24,26)/t15-/m0/s1. The molecule has 1 aliphatic heterocycles. The van der Waals surface area contributed by atoms with Crippen molar-refractivity contribution in [1.29, 1.82) is 0 Å². The SMILES string of the molecule is CC[C@H]1Cn2c(C(=O)NCCc3ccc(SC)cc3)cc3c(Cl)ccc(c32)O1. The van der Waals surface area contributed by atoms with Crippen molar-refractivity contribution in [1.82, 2.24) is 9.88 Å². The Hall–Kier alpha value is -2.11. The summed E-state index contributed by atoms with van der Waals surface area (Å²) in [4.78, 5) is 14.1. The second kappa shape index (κ2) is 8.10. The molecule has 1 aromatic heterocycles. The first kappa shape index (κ1) is 19.2. The fraction of sp³-hybridized carbons (Fsp3) is 0.318. The van der Waals surface area contributed by atoms with Gasteiger partial charge < -0.3 is 14.6 Å². The van der Waals surface area contributed by atoms with Gasteiger partial charge in [0.1, 0.15) is 17.5 Å². The summed E-state index contributed by atoms with van der Waals surface area (Å²) in [5, 5.41) is 4.56. The van der Waals surface area contributed by atoms with Gasteiger partial charge in [-0.3, -0.25) is 4.79 Å². The van der Waals surface area contributed by atoms with E-state index in [0.29, 0.717) is 23.8 Å². The van der Waals surface area contributed by atoms with E-state index in [1.54, 1.807) is 11.8 Å². The molecule has 1 N–H and O–H groups in total. The Bertz CT molecular complexity index is 1010. The summed E-state index contributed by atoms with van der Waals surface area (Å²) in [6, 6.07) is 14.1. The summed E-state index contributed by atoms with van der Waals surface area (Å²) in [5.74, 6) is 0.723. The number of thioether (sulfide) groups is 1. The molecule has 1 aliphatic rings. The zero-order chi connectivity index (χ0) is 19.7. The van der Waals surface area contributed by atoms with E-state index in [2.05, 4.69) is 47.3 Å². The maximum atomic E-state index is 12.9. The summed E-state index contributed by atoms with van der Waals surface area (Å²) < 4.78 is 8.10. The van der Waals surface area contributed by atoms with E-state index in [0.717, 1.165) is 29.5 Å². The molecule has 0 spiro atoms. The number of aromatic nitrogens is 1. The number of carbonyl (C=O) groups is 1. The lowest BCUT2D eigenvalue weighted by Crippen LogP contribution is -2.32. The molecule has 0 radical (unpaired) electrons. The van der Waals surface area contributed by atoms with Crippen LogP contribution in [0.3, 0.4) is 0 Å². The number of carbonyl (C=O) groups excluding carboxylic acids is 1. The third-order valence-corrected chi connectivity index (χ3v) is 6.27. The predicted octanol–water partition coefficient (Wildman–Crippen LogP) is 5.16. The summed E-state index contributed by atoms with van der Waals surface area (Å²) in [5.41, 5.74) is 2.77. The van der Waals surface area contributed by atoms with Crippen LogP contribution in [0.15, 0.2) is 47.4 Å². The Morgan fingerprint density at radius 1 is 1.29 bits per heavy atom. The molecule has 0 saturated carbocycles. The Morgan fingerprint density at radius 3 is 2.79 bits per heavy atom. The molecule has 4 rings (SSSR count). The van der Waals surface area contributed by atoms with Crippen LogP contribution in [0, 0.1) is 0 Å². The predicted molar refractivity (Wildman–Crippen MR) is 116 cm³/mol. The van der Waals surface area contributed by atoms with Gasteiger partial charge >= 0.3 is 0 Å². The number of nitrogens with one attached hydrogen (secondary N) is 1. The number of hydrogen-bond donors (Lipinski definition) is 1. The summed E-state index contributed by atoms with van der Waals surface area (Å²) in [6.07, 6.45) is 3.81. The molecule has 146 valence electrons. The van der Waals surface area contributed by atoms with Gasteiger partial charge in [-0.05, 0) is 55.0 Å². The maximum Gasteiger partial charge on any atom is 0.267 e. The highest BCUT2D eigenvalue weighted by molar-refractivity contribution is 7.98. The van der Waals surface area contributed by atoms with E-state index in [1.165, 1.54) is 10.5 Å². The third-order valence-electron chi connectivity index (χ3n) is 5.19. The molecule has 1 atom stereocenters. The van der Waals surface area contributed by atoms with E-state index >= 15 is 0 Å². The van der Waals surface area contributed by atoms with Gasteiger partial charge in [-0.15, -0.1) is 11.8 Å². The van der Waals surface area contributed by atoms with Gasteiger partial charge in [0.2, 0.25) is 0 Å². The third kappa shape index (κ3) is 3.61. The zero-order valence-corrected chi connectivity index (χ0v) is 17.6. The van der Waals surface area contributed by atoms with E-state index in [9.17, 15) is 4.79 Å². The Labute approximate surface area is 174 Å². The Kier molecular flexibility index (Phi) is 5.56. The molecule has 0 fully saturated rings. The van der Waals surface area contributed by atoms with E-state index < -0.39 is 0 Å². The van der Waals surface area contributed by atoms with E-state index in [-0.39, 0.29) is 12.0 Å². The molecular formula is C22H23ClN2O2S. The van der Waals surface area contributed by atoms with Crippen LogP contribution in [-0.2, 0) is 13.0 Å². The number of amides is 1.